The molecule has 2 fully saturated rings. The van der Waals surface area contributed by atoms with Gasteiger partial charge in [0.1, 0.15) is 5.76 Å². The van der Waals surface area contributed by atoms with E-state index in [4.69, 9.17) is 4.42 Å². The lowest BCUT2D eigenvalue weighted by atomic mass is 10.2. The number of oxazole rings is 1. The zero-order valence-corrected chi connectivity index (χ0v) is 13.4. The van der Waals surface area contributed by atoms with Crippen molar-refractivity contribution in [3.8, 4) is 0 Å². The molecule has 0 aromatic carbocycles. The maximum absolute atomic E-state index is 5.92. The molecule has 1 aromatic rings. The van der Waals surface area contributed by atoms with Crippen LogP contribution in [0.3, 0.4) is 0 Å². The first-order valence-electron chi connectivity index (χ1n) is 8.38. The van der Waals surface area contributed by atoms with Gasteiger partial charge >= 0.3 is 0 Å². The summed E-state index contributed by atoms with van der Waals surface area (Å²) in [5, 5.41) is 3.43. The van der Waals surface area contributed by atoms with Gasteiger partial charge in [-0.25, -0.2) is 4.98 Å². The molecule has 2 saturated heterocycles. The minimum absolute atomic E-state index is 0.727. The van der Waals surface area contributed by atoms with E-state index in [1.165, 1.54) is 32.6 Å². The molecule has 0 aliphatic carbocycles. The summed E-state index contributed by atoms with van der Waals surface area (Å²) in [5.41, 5.74) is 1.07. The Bertz CT molecular complexity index is 453. The molecule has 5 nitrogen and oxygen atoms in total. The van der Waals surface area contributed by atoms with Gasteiger partial charge in [0.2, 0.25) is 0 Å². The Kier molecular flexibility index (Phi) is 4.93. The molecular formula is C16H28N4O. The second-order valence-electron chi connectivity index (χ2n) is 6.33. The van der Waals surface area contributed by atoms with Crippen LogP contribution in [-0.2, 0) is 13.0 Å². The van der Waals surface area contributed by atoms with Crippen molar-refractivity contribution in [3.05, 3.63) is 17.3 Å². The highest BCUT2D eigenvalue weighted by Crippen LogP contribution is 2.20. The van der Waals surface area contributed by atoms with Crippen LogP contribution in [0, 0.1) is 6.92 Å². The van der Waals surface area contributed by atoms with Gasteiger partial charge in [0.15, 0.2) is 5.89 Å². The average Bonchev–Trinajstić information content (AvgIpc) is 3.09. The summed E-state index contributed by atoms with van der Waals surface area (Å²) < 4.78 is 5.92. The number of aromatic nitrogens is 1. The Morgan fingerprint density at radius 3 is 2.86 bits per heavy atom. The number of likely N-dealkylation sites (tertiary alicyclic amines) is 1. The Morgan fingerprint density at radius 1 is 1.29 bits per heavy atom. The molecule has 3 heterocycles. The molecule has 3 rings (SSSR count). The second-order valence-corrected chi connectivity index (χ2v) is 6.33. The lowest BCUT2D eigenvalue weighted by Crippen LogP contribution is -2.49. The van der Waals surface area contributed by atoms with Crippen LogP contribution in [0.25, 0.3) is 0 Å². The smallest absolute Gasteiger partial charge is 0.194 e. The summed E-state index contributed by atoms with van der Waals surface area (Å²) in [4.78, 5) is 9.71. The molecule has 0 radical (unpaired) electrons. The highest BCUT2D eigenvalue weighted by atomic mass is 16.4. The predicted molar refractivity (Wildman–Crippen MR) is 83.4 cm³/mol. The first-order chi connectivity index (χ1) is 10.3. The van der Waals surface area contributed by atoms with Gasteiger partial charge in [0, 0.05) is 51.7 Å². The van der Waals surface area contributed by atoms with Crippen molar-refractivity contribution < 1.29 is 4.42 Å². The van der Waals surface area contributed by atoms with Crippen molar-refractivity contribution in [3.63, 3.8) is 0 Å². The van der Waals surface area contributed by atoms with E-state index >= 15 is 0 Å². The zero-order valence-electron chi connectivity index (χ0n) is 13.4. The van der Waals surface area contributed by atoms with Crippen LogP contribution in [0.2, 0.25) is 0 Å². The Morgan fingerprint density at radius 2 is 2.10 bits per heavy atom. The summed E-state index contributed by atoms with van der Waals surface area (Å²) in [7, 11) is 0. The van der Waals surface area contributed by atoms with Crippen LogP contribution in [0.4, 0.5) is 0 Å². The third-order valence-corrected chi connectivity index (χ3v) is 4.68. The van der Waals surface area contributed by atoms with E-state index in [1.54, 1.807) is 0 Å². The van der Waals surface area contributed by atoms with Crippen molar-refractivity contribution >= 4 is 0 Å². The highest BCUT2D eigenvalue weighted by Gasteiger charge is 2.29. The number of piperazine rings is 1. The van der Waals surface area contributed by atoms with Gasteiger partial charge in [-0.1, -0.05) is 6.92 Å². The quantitative estimate of drug-likeness (QED) is 0.889. The number of rotatable bonds is 5. The summed E-state index contributed by atoms with van der Waals surface area (Å²) in [6, 6.07) is 0.727. The van der Waals surface area contributed by atoms with E-state index in [0.717, 1.165) is 55.9 Å². The van der Waals surface area contributed by atoms with Crippen LogP contribution in [-0.4, -0.2) is 60.1 Å². The lowest BCUT2D eigenvalue weighted by molar-refractivity contribution is 0.168. The molecule has 1 unspecified atom stereocenters. The molecule has 0 bridgehead atoms. The number of hydrogen-bond donors (Lipinski definition) is 1. The summed E-state index contributed by atoms with van der Waals surface area (Å²) in [5.74, 6) is 1.97. The first kappa shape index (κ1) is 15.0. The Labute approximate surface area is 127 Å². The molecule has 0 spiro atoms. The van der Waals surface area contributed by atoms with Crippen molar-refractivity contribution in [2.24, 2.45) is 0 Å². The molecule has 5 heteroatoms. The van der Waals surface area contributed by atoms with Crippen molar-refractivity contribution in [2.75, 3.05) is 39.3 Å². The molecule has 0 amide bonds. The van der Waals surface area contributed by atoms with Gasteiger partial charge in [-0.05, 0) is 19.8 Å². The van der Waals surface area contributed by atoms with Crippen molar-refractivity contribution in [2.45, 2.75) is 45.7 Å². The van der Waals surface area contributed by atoms with Crippen molar-refractivity contribution in [1.29, 1.82) is 0 Å². The molecule has 0 saturated carbocycles. The maximum Gasteiger partial charge on any atom is 0.194 e. The molecule has 21 heavy (non-hydrogen) atoms. The summed E-state index contributed by atoms with van der Waals surface area (Å²) in [6.07, 6.45) is 3.33. The maximum atomic E-state index is 5.92. The molecule has 1 atom stereocenters. The van der Waals surface area contributed by atoms with Gasteiger partial charge in [-0.3, -0.25) is 9.80 Å². The minimum Gasteiger partial charge on any atom is -0.444 e. The topological polar surface area (TPSA) is 44.5 Å². The van der Waals surface area contributed by atoms with Crippen LogP contribution in [0.15, 0.2) is 4.42 Å². The van der Waals surface area contributed by atoms with Crippen LogP contribution in [0.1, 0.15) is 37.1 Å². The molecule has 2 aliphatic rings. The number of nitrogens with zero attached hydrogens (tertiary/aromatic N) is 3. The van der Waals surface area contributed by atoms with E-state index < -0.39 is 0 Å². The van der Waals surface area contributed by atoms with E-state index in [-0.39, 0.29) is 0 Å². The fourth-order valence-corrected chi connectivity index (χ4v) is 3.46. The highest BCUT2D eigenvalue weighted by molar-refractivity contribution is 5.08. The third-order valence-electron chi connectivity index (χ3n) is 4.68. The number of hydrogen-bond acceptors (Lipinski definition) is 5. The van der Waals surface area contributed by atoms with E-state index in [0.29, 0.717) is 0 Å². The standard InChI is InChI=1S/C16H28N4O/c1-3-4-16-18-13(2)15(21-16)12-19-8-5-14(11-19)20-9-6-17-7-10-20/h14,17H,3-12H2,1-2H3. The van der Waals surface area contributed by atoms with Gasteiger partial charge in [-0.15, -0.1) is 0 Å². The lowest BCUT2D eigenvalue weighted by Gasteiger charge is -2.32. The predicted octanol–water partition coefficient (Wildman–Crippen LogP) is 1.42. The molecule has 118 valence electrons. The molecular weight excluding hydrogens is 264 g/mol. The molecule has 2 aliphatic heterocycles. The Hall–Kier alpha value is -0.910. The van der Waals surface area contributed by atoms with Crippen molar-refractivity contribution in [1.82, 2.24) is 20.1 Å². The summed E-state index contributed by atoms with van der Waals surface area (Å²) >= 11 is 0. The third kappa shape index (κ3) is 3.65. The van der Waals surface area contributed by atoms with Crippen LogP contribution < -0.4 is 5.32 Å². The van der Waals surface area contributed by atoms with Gasteiger partial charge < -0.3 is 9.73 Å². The molecule has 1 N–H and O–H groups in total. The van der Waals surface area contributed by atoms with Crippen LogP contribution >= 0.6 is 0 Å². The van der Waals surface area contributed by atoms with E-state index in [9.17, 15) is 0 Å². The van der Waals surface area contributed by atoms with E-state index in [2.05, 4.69) is 33.9 Å². The monoisotopic (exact) mass is 292 g/mol. The fourth-order valence-electron chi connectivity index (χ4n) is 3.46. The van der Waals surface area contributed by atoms with Gasteiger partial charge in [0.05, 0.1) is 12.2 Å². The van der Waals surface area contributed by atoms with E-state index in [1.807, 2.05) is 0 Å². The molecule has 1 aromatic heterocycles. The van der Waals surface area contributed by atoms with Gasteiger partial charge in [-0.2, -0.15) is 0 Å². The largest absolute Gasteiger partial charge is 0.444 e. The summed E-state index contributed by atoms with van der Waals surface area (Å²) in [6.45, 7) is 12.2. The first-order valence-corrected chi connectivity index (χ1v) is 8.38. The van der Waals surface area contributed by atoms with Gasteiger partial charge in [0.25, 0.3) is 0 Å². The number of aryl methyl sites for hydroxylation is 2. The normalized spacial score (nSPS) is 24.8. The SMILES string of the molecule is CCCc1nc(C)c(CN2CCC(N3CCNCC3)C2)o1. The minimum atomic E-state index is 0.727. The number of nitrogens with one attached hydrogen (secondary N) is 1. The fraction of sp³-hybridized carbons (Fsp3) is 0.812. The van der Waals surface area contributed by atoms with Crippen LogP contribution in [0.5, 0.6) is 0 Å². The average molecular weight is 292 g/mol. The second kappa shape index (κ2) is 6.90. The zero-order chi connectivity index (χ0) is 14.7. The Balaban J connectivity index is 1.54.